The maximum Gasteiger partial charge on any atom is 0.291 e. The Morgan fingerprint density at radius 3 is 2.89 bits per heavy atom. The van der Waals surface area contributed by atoms with Gasteiger partial charge in [0.25, 0.3) is 5.56 Å². The molecule has 9 nitrogen and oxygen atoms in total. The van der Waals surface area contributed by atoms with Crippen molar-refractivity contribution in [2.24, 2.45) is 19.8 Å². The molecule has 0 aliphatic rings. The van der Waals surface area contributed by atoms with E-state index in [0.717, 1.165) is 15.9 Å². The highest BCUT2D eigenvalue weighted by Gasteiger charge is 2.19. The minimum atomic E-state index is -0.481. The molecule has 0 aliphatic carbocycles. The van der Waals surface area contributed by atoms with E-state index in [1.54, 1.807) is 24.9 Å². The number of aryl methyl sites for hydroxylation is 2. The number of aromatic nitrogens is 6. The quantitative estimate of drug-likeness (QED) is 0.489. The first kappa shape index (κ1) is 18.0. The van der Waals surface area contributed by atoms with E-state index in [4.69, 9.17) is 11.1 Å². The number of nitrogens with one attached hydrogen (secondary N) is 1. The van der Waals surface area contributed by atoms with Crippen LogP contribution in [-0.4, -0.2) is 35.3 Å². The first-order chi connectivity index (χ1) is 13.4. The van der Waals surface area contributed by atoms with Crippen LogP contribution in [-0.2, 0) is 27.1 Å². The zero-order valence-electron chi connectivity index (χ0n) is 15.2. The van der Waals surface area contributed by atoms with E-state index in [0.29, 0.717) is 28.7 Å². The van der Waals surface area contributed by atoms with Crippen LogP contribution >= 0.6 is 11.3 Å². The molecule has 0 atom stereocenters. The van der Waals surface area contributed by atoms with Crippen molar-refractivity contribution in [3.63, 3.8) is 0 Å². The van der Waals surface area contributed by atoms with Crippen molar-refractivity contribution in [1.29, 1.82) is 5.41 Å². The molecule has 0 unspecified atom stereocenters. The smallest absolute Gasteiger partial charge is 0.291 e. The van der Waals surface area contributed by atoms with Crippen molar-refractivity contribution in [3.05, 3.63) is 51.0 Å². The van der Waals surface area contributed by atoms with Gasteiger partial charge in [0.15, 0.2) is 11.5 Å². The van der Waals surface area contributed by atoms with E-state index in [2.05, 4.69) is 15.2 Å². The third-order valence-electron chi connectivity index (χ3n) is 4.38. The molecule has 4 rings (SSSR count). The summed E-state index contributed by atoms with van der Waals surface area (Å²) in [5, 5.41) is 16.8. The summed E-state index contributed by atoms with van der Waals surface area (Å²) >= 11 is 1.43. The Morgan fingerprint density at radius 1 is 1.43 bits per heavy atom. The molecule has 3 N–H and O–H groups in total. The van der Waals surface area contributed by atoms with Crippen molar-refractivity contribution >= 4 is 38.8 Å². The molecule has 0 spiro atoms. The minimum absolute atomic E-state index is 0.0517. The largest absolute Gasteiger partial charge is 0.402 e. The second kappa shape index (κ2) is 6.68. The second-order valence-electron chi connectivity index (χ2n) is 6.37. The highest BCUT2D eigenvalue weighted by molar-refractivity contribution is 7.19. The Hall–Kier alpha value is -3.34. The van der Waals surface area contributed by atoms with Crippen LogP contribution in [0.2, 0.25) is 0 Å². The van der Waals surface area contributed by atoms with Gasteiger partial charge in [0, 0.05) is 37.8 Å². The summed E-state index contributed by atoms with van der Waals surface area (Å²) < 4.78 is 19.0. The lowest BCUT2D eigenvalue weighted by molar-refractivity contribution is 0.569. The van der Waals surface area contributed by atoms with Crippen LogP contribution in [0.5, 0.6) is 0 Å². The molecule has 0 aromatic carbocycles. The molecule has 0 aliphatic heterocycles. The molecule has 0 saturated heterocycles. The third-order valence-corrected chi connectivity index (χ3v) is 5.45. The molecule has 0 bridgehead atoms. The first-order valence-electron chi connectivity index (χ1n) is 8.36. The standard InChI is InChI=1S/C17H17FN8OS/c1-24-7-11(18)12(23-24)8-26-17(27)14-10(6-21-26)15-16(25(14)2)22-13(28-15)5-9(20)3-4-19/h3-4,6-7,19H,5,8,20H2,1-2H3. The molecule has 4 aromatic heterocycles. The summed E-state index contributed by atoms with van der Waals surface area (Å²) in [4.78, 5) is 17.5. The highest BCUT2D eigenvalue weighted by Crippen LogP contribution is 2.31. The van der Waals surface area contributed by atoms with Crippen LogP contribution in [0, 0.1) is 11.2 Å². The fraction of sp³-hybridized carbons (Fsp3) is 0.235. The minimum Gasteiger partial charge on any atom is -0.402 e. The van der Waals surface area contributed by atoms with Gasteiger partial charge in [-0.1, -0.05) is 0 Å². The van der Waals surface area contributed by atoms with Gasteiger partial charge in [-0.05, 0) is 6.08 Å². The molecule has 0 fully saturated rings. The van der Waals surface area contributed by atoms with Gasteiger partial charge in [0.1, 0.15) is 16.2 Å². The summed E-state index contributed by atoms with van der Waals surface area (Å²) in [5.74, 6) is -0.481. The molecular weight excluding hydrogens is 383 g/mol. The van der Waals surface area contributed by atoms with E-state index in [1.165, 1.54) is 33.0 Å². The number of thiazole rings is 1. The van der Waals surface area contributed by atoms with E-state index < -0.39 is 5.82 Å². The van der Waals surface area contributed by atoms with Crippen molar-refractivity contribution in [2.75, 3.05) is 0 Å². The van der Waals surface area contributed by atoms with Crippen LogP contribution in [0.15, 0.2) is 29.0 Å². The zero-order chi connectivity index (χ0) is 20.0. The van der Waals surface area contributed by atoms with Crippen molar-refractivity contribution in [2.45, 2.75) is 13.0 Å². The van der Waals surface area contributed by atoms with E-state index in [1.807, 2.05) is 0 Å². The van der Waals surface area contributed by atoms with Crippen LogP contribution in [0.4, 0.5) is 4.39 Å². The SMILES string of the molecule is Cn1cc(F)c(Cn2ncc3c4sc(CC(N)=CC=N)nc4n(C)c3c2=O)n1. The second-order valence-corrected chi connectivity index (χ2v) is 7.46. The van der Waals surface area contributed by atoms with Crippen LogP contribution in [0.3, 0.4) is 0 Å². The summed E-state index contributed by atoms with van der Waals surface area (Å²) in [7, 11) is 3.38. The topological polar surface area (TPSA) is 120 Å². The molecule has 28 heavy (non-hydrogen) atoms. The summed E-state index contributed by atoms with van der Waals surface area (Å²) in [6, 6.07) is 0. The first-order valence-corrected chi connectivity index (χ1v) is 9.17. The number of nitrogens with zero attached hydrogens (tertiary/aromatic N) is 6. The third kappa shape index (κ3) is 2.89. The van der Waals surface area contributed by atoms with E-state index in [9.17, 15) is 9.18 Å². The maximum atomic E-state index is 13.9. The monoisotopic (exact) mass is 400 g/mol. The van der Waals surface area contributed by atoms with Crippen molar-refractivity contribution in [3.8, 4) is 0 Å². The van der Waals surface area contributed by atoms with E-state index in [-0.39, 0.29) is 17.8 Å². The Bertz CT molecular complexity index is 1310. The highest BCUT2D eigenvalue weighted by atomic mass is 32.1. The van der Waals surface area contributed by atoms with Crippen molar-refractivity contribution < 1.29 is 4.39 Å². The average molecular weight is 400 g/mol. The van der Waals surface area contributed by atoms with Gasteiger partial charge < -0.3 is 15.7 Å². The Labute approximate surface area is 162 Å². The summed E-state index contributed by atoms with van der Waals surface area (Å²) in [5.41, 5.74) is 7.33. The van der Waals surface area contributed by atoms with Crippen LogP contribution < -0.4 is 11.3 Å². The molecule has 11 heteroatoms. The van der Waals surface area contributed by atoms with Gasteiger partial charge in [-0.15, -0.1) is 11.3 Å². The van der Waals surface area contributed by atoms with Gasteiger partial charge in [-0.3, -0.25) is 9.48 Å². The number of hydrogen-bond acceptors (Lipinski definition) is 7. The van der Waals surface area contributed by atoms with E-state index >= 15 is 0 Å². The molecule has 144 valence electrons. The van der Waals surface area contributed by atoms with Gasteiger partial charge in [0.2, 0.25) is 0 Å². The van der Waals surface area contributed by atoms with Gasteiger partial charge in [0.05, 0.1) is 23.6 Å². The summed E-state index contributed by atoms with van der Waals surface area (Å²) in [6.07, 6.45) is 5.93. The lowest BCUT2D eigenvalue weighted by Gasteiger charge is -2.04. The molecule has 0 radical (unpaired) electrons. The predicted octanol–water partition coefficient (Wildman–Crippen LogP) is 1.30. The lowest BCUT2D eigenvalue weighted by Crippen LogP contribution is -2.25. The Morgan fingerprint density at radius 2 is 2.21 bits per heavy atom. The molecule has 4 aromatic rings. The zero-order valence-corrected chi connectivity index (χ0v) is 16.0. The molecule has 4 heterocycles. The fourth-order valence-corrected chi connectivity index (χ4v) is 4.26. The van der Waals surface area contributed by atoms with Crippen molar-refractivity contribution in [1.82, 2.24) is 29.1 Å². The molecular formula is C17H17FN8OS. The van der Waals surface area contributed by atoms with Gasteiger partial charge in [-0.25, -0.2) is 14.1 Å². The van der Waals surface area contributed by atoms with Crippen LogP contribution in [0.25, 0.3) is 21.3 Å². The van der Waals surface area contributed by atoms with Crippen LogP contribution in [0.1, 0.15) is 10.7 Å². The van der Waals surface area contributed by atoms with Gasteiger partial charge in [-0.2, -0.15) is 10.2 Å². The number of rotatable bonds is 5. The maximum absolute atomic E-state index is 13.9. The molecule has 0 saturated carbocycles. The Kier molecular flexibility index (Phi) is 4.30. The Balaban J connectivity index is 1.79. The molecule has 0 amide bonds. The average Bonchev–Trinajstić information content (AvgIpc) is 3.25. The number of fused-ring (bicyclic) bond motifs is 3. The summed E-state index contributed by atoms with van der Waals surface area (Å²) in [6.45, 7) is -0.0517. The number of allylic oxidation sites excluding steroid dienone is 2. The lowest BCUT2D eigenvalue weighted by atomic mass is 10.3. The van der Waals surface area contributed by atoms with Gasteiger partial charge >= 0.3 is 0 Å². The number of nitrogens with two attached hydrogens (primary N) is 1. The predicted molar refractivity (Wildman–Crippen MR) is 105 cm³/mol. The normalized spacial score (nSPS) is 12.3. The number of hydrogen-bond donors (Lipinski definition) is 2. The fourth-order valence-electron chi connectivity index (χ4n) is 3.12. The number of halogens is 1.